The molecule has 1 saturated carbocycles. The SMILES string of the molecule is Nc1nc2c(ncn2[C@@H]2C[C@@H]3COP(=O)(O)O[C@H]4[C@@H](O)[C@H](n5cnc6c(N)ncnc65)O[C@@H]4COP(=O)(O)O[C@@H]2[C@@H]3O)c(=O)[nH]1. The minimum atomic E-state index is -5.03. The Labute approximate surface area is 250 Å². The molecule has 7 rings (SSSR count). The fourth-order valence-electron chi connectivity index (χ4n) is 5.83. The van der Waals surface area contributed by atoms with Crippen LogP contribution in [0.2, 0.25) is 0 Å². The molecular formula is C21H26N10O12P2. The van der Waals surface area contributed by atoms with Crippen LogP contribution in [0.3, 0.4) is 0 Å². The van der Waals surface area contributed by atoms with Crippen LogP contribution in [-0.2, 0) is 32.0 Å². The molecule has 9 N–H and O–H groups in total. The topological polar surface area (TPSA) is 320 Å². The lowest BCUT2D eigenvalue weighted by Crippen LogP contribution is -2.36. The summed E-state index contributed by atoms with van der Waals surface area (Å²) in [5, 5.41) is 22.3. The lowest BCUT2D eigenvalue weighted by molar-refractivity contribution is -0.0552. The molecular weight excluding hydrogens is 646 g/mol. The third kappa shape index (κ3) is 5.32. The number of hydrogen-bond donors (Lipinski definition) is 7. The standard InChI is InChI=1S/C21H26N10O12P2/c22-16-10-17(25-4-24-16)31(6-26-10)20-13(33)15-9(41-20)3-40-45(37,38)42-14-8(1-7(12(14)32)2-39-44(35,36)43-15)30-5-27-11-18(30)28-21(23)29-19(11)34/h4-9,12-15,20,32-33H,1-3H2,(H,35,36)(H,37,38)(H2,22,24,25)(H3,23,28,29,34)/t7-,8-,9-,12-,13-,14+,15-,20-/m1/s1. The first-order valence-corrected chi connectivity index (χ1v) is 16.3. The number of imidazole rings is 2. The molecule has 3 fully saturated rings. The molecule has 1 aliphatic carbocycles. The first kappa shape index (κ1) is 30.3. The molecule has 24 heteroatoms. The van der Waals surface area contributed by atoms with Crippen molar-refractivity contribution in [2.24, 2.45) is 5.92 Å². The molecule has 4 aromatic heterocycles. The maximum Gasteiger partial charge on any atom is 0.472 e. The number of H-pyrrole nitrogens is 1. The zero-order valence-corrected chi connectivity index (χ0v) is 24.5. The second kappa shape index (κ2) is 10.9. The van der Waals surface area contributed by atoms with E-state index in [9.17, 15) is 33.9 Å². The normalized spacial score (nSPS) is 37.7. The molecule has 2 unspecified atom stereocenters. The Bertz CT molecular complexity index is 1940. The maximum absolute atomic E-state index is 13.2. The molecule has 6 heterocycles. The third-order valence-corrected chi connectivity index (χ3v) is 9.86. The highest BCUT2D eigenvalue weighted by molar-refractivity contribution is 7.47. The van der Waals surface area contributed by atoms with Crippen LogP contribution >= 0.6 is 15.6 Å². The number of nitrogens with two attached hydrogens (primary N) is 2. The van der Waals surface area contributed by atoms with E-state index in [4.69, 9.17) is 34.3 Å². The summed E-state index contributed by atoms with van der Waals surface area (Å²) in [6.07, 6.45) is -5.58. The summed E-state index contributed by atoms with van der Waals surface area (Å²) >= 11 is 0. The molecule has 242 valence electrons. The second-order valence-electron chi connectivity index (χ2n) is 10.6. The van der Waals surface area contributed by atoms with Crippen molar-refractivity contribution in [1.29, 1.82) is 0 Å². The number of hydrogen-bond acceptors (Lipinski definition) is 17. The maximum atomic E-state index is 13.2. The Morgan fingerprint density at radius 3 is 2.36 bits per heavy atom. The first-order valence-electron chi connectivity index (χ1n) is 13.3. The smallest absolute Gasteiger partial charge is 0.390 e. The van der Waals surface area contributed by atoms with Gasteiger partial charge in [-0.1, -0.05) is 0 Å². The van der Waals surface area contributed by atoms with Gasteiger partial charge in [-0.05, 0) is 6.42 Å². The first-order chi connectivity index (χ1) is 21.3. The van der Waals surface area contributed by atoms with E-state index in [1.165, 1.54) is 21.8 Å². The van der Waals surface area contributed by atoms with E-state index in [0.29, 0.717) is 0 Å². The molecule has 0 spiro atoms. The highest BCUT2D eigenvalue weighted by atomic mass is 31.2. The lowest BCUT2D eigenvalue weighted by atomic mass is 10.1. The molecule has 45 heavy (non-hydrogen) atoms. The minimum Gasteiger partial charge on any atom is -0.390 e. The molecule has 2 aliphatic heterocycles. The summed E-state index contributed by atoms with van der Waals surface area (Å²) in [4.78, 5) is 56.2. The van der Waals surface area contributed by atoms with E-state index in [2.05, 4.69) is 29.9 Å². The van der Waals surface area contributed by atoms with Gasteiger partial charge in [0.1, 0.15) is 36.3 Å². The third-order valence-electron chi connectivity index (χ3n) is 7.89. The molecule has 0 amide bonds. The van der Waals surface area contributed by atoms with Gasteiger partial charge in [-0.15, -0.1) is 0 Å². The number of anilines is 2. The van der Waals surface area contributed by atoms with Crippen LogP contribution in [-0.4, -0.2) is 103 Å². The number of nitrogen functional groups attached to an aromatic ring is 2. The minimum absolute atomic E-state index is 0.00383. The number of nitrogens with zero attached hydrogens (tertiary/aromatic N) is 7. The highest BCUT2D eigenvalue weighted by Gasteiger charge is 2.53. The fraction of sp³-hybridized carbons (Fsp3) is 0.524. The van der Waals surface area contributed by atoms with E-state index in [1.54, 1.807) is 0 Å². The van der Waals surface area contributed by atoms with E-state index >= 15 is 0 Å². The fourth-order valence-corrected chi connectivity index (χ4v) is 7.81. The number of aliphatic hydroxyl groups excluding tert-OH is 2. The Morgan fingerprint density at radius 1 is 0.889 bits per heavy atom. The van der Waals surface area contributed by atoms with Crippen LogP contribution < -0.4 is 17.0 Å². The van der Waals surface area contributed by atoms with Gasteiger partial charge in [0, 0.05) is 5.92 Å². The van der Waals surface area contributed by atoms with Crippen LogP contribution in [0.15, 0.2) is 23.8 Å². The quantitative estimate of drug-likeness (QED) is 0.117. The summed E-state index contributed by atoms with van der Waals surface area (Å²) in [5.41, 5.74) is 11.1. The number of ether oxygens (including phenoxy) is 1. The molecule has 3 aliphatic rings. The summed E-state index contributed by atoms with van der Waals surface area (Å²) in [7, 11) is -10.0. The Kier molecular flexibility index (Phi) is 7.30. The average molecular weight is 672 g/mol. The van der Waals surface area contributed by atoms with Crippen molar-refractivity contribution < 1.29 is 52.0 Å². The molecule has 10 atom stereocenters. The van der Waals surface area contributed by atoms with Gasteiger partial charge in [-0.3, -0.25) is 32.4 Å². The van der Waals surface area contributed by atoms with Gasteiger partial charge in [0.15, 0.2) is 28.9 Å². The van der Waals surface area contributed by atoms with Crippen molar-refractivity contribution in [3.05, 3.63) is 29.3 Å². The van der Waals surface area contributed by atoms with Crippen LogP contribution in [0.25, 0.3) is 22.3 Å². The highest BCUT2D eigenvalue weighted by Crippen LogP contribution is 2.55. The van der Waals surface area contributed by atoms with E-state index in [-0.39, 0.29) is 40.5 Å². The van der Waals surface area contributed by atoms with Gasteiger partial charge >= 0.3 is 15.6 Å². The lowest BCUT2D eigenvalue weighted by Gasteiger charge is -2.26. The van der Waals surface area contributed by atoms with Gasteiger partial charge in [-0.25, -0.2) is 29.1 Å². The van der Waals surface area contributed by atoms with Crippen LogP contribution in [0.4, 0.5) is 11.8 Å². The number of fused-ring (bicyclic) bond motifs is 5. The van der Waals surface area contributed by atoms with Crippen molar-refractivity contribution in [1.82, 2.24) is 39.0 Å². The van der Waals surface area contributed by atoms with Gasteiger partial charge in [0.25, 0.3) is 5.56 Å². The van der Waals surface area contributed by atoms with Crippen LogP contribution in [0.1, 0.15) is 18.7 Å². The van der Waals surface area contributed by atoms with Crippen molar-refractivity contribution in [2.75, 3.05) is 24.7 Å². The molecule has 4 aromatic rings. The zero-order valence-electron chi connectivity index (χ0n) is 22.7. The number of nitrogens with one attached hydrogen (secondary N) is 1. The van der Waals surface area contributed by atoms with Gasteiger partial charge in [0.05, 0.1) is 38.0 Å². The largest absolute Gasteiger partial charge is 0.472 e. The summed E-state index contributed by atoms with van der Waals surface area (Å²) in [5.74, 6) is -1.16. The van der Waals surface area contributed by atoms with Crippen LogP contribution in [0, 0.1) is 5.92 Å². The van der Waals surface area contributed by atoms with Gasteiger partial charge in [0.2, 0.25) is 5.95 Å². The molecule has 2 bridgehead atoms. The molecule has 0 aromatic carbocycles. The summed E-state index contributed by atoms with van der Waals surface area (Å²) in [6, 6.07) is -0.996. The number of aromatic nitrogens is 8. The zero-order chi connectivity index (χ0) is 31.8. The predicted molar refractivity (Wildman–Crippen MR) is 147 cm³/mol. The Hall–Kier alpha value is -3.40. The molecule has 2 saturated heterocycles. The van der Waals surface area contributed by atoms with Gasteiger partial charge in [-0.2, -0.15) is 4.98 Å². The van der Waals surface area contributed by atoms with E-state index in [1.807, 2.05) is 0 Å². The Morgan fingerprint density at radius 2 is 1.58 bits per heavy atom. The number of rotatable bonds is 2. The summed E-state index contributed by atoms with van der Waals surface area (Å²) in [6.45, 7) is -1.39. The van der Waals surface area contributed by atoms with Crippen molar-refractivity contribution in [2.45, 2.75) is 49.2 Å². The average Bonchev–Trinajstić information content (AvgIpc) is 3.72. The summed E-state index contributed by atoms with van der Waals surface area (Å²) < 4.78 is 56.0. The number of aromatic amines is 1. The number of phosphoric acid groups is 2. The molecule has 22 nitrogen and oxygen atoms in total. The van der Waals surface area contributed by atoms with Crippen molar-refractivity contribution in [3.63, 3.8) is 0 Å². The van der Waals surface area contributed by atoms with E-state index in [0.717, 1.165) is 6.33 Å². The predicted octanol–water partition coefficient (Wildman–Crippen LogP) is -1.68. The van der Waals surface area contributed by atoms with E-state index < -0.39 is 83.1 Å². The van der Waals surface area contributed by atoms with Gasteiger partial charge < -0.3 is 40.8 Å². The van der Waals surface area contributed by atoms with Crippen molar-refractivity contribution in [3.8, 4) is 0 Å². The van der Waals surface area contributed by atoms with Crippen molar-refractivity contribution >= 4 is 49.7 Å². The monoisotopic (exact) mass is 672 g/mol. The molecule has 0 radical (unpaired) electrons. The number of phosphoric ester groups is 2. The second-order valence-corrected chi connectivity index (χ2v) is 13.4. The number of aliphatic hydroxyl groups is 2. The van der Waals surface area contributed by atoms with Crippen LogP contribution in [0.5, 0.6) is 0 Å². The Balaban J connectivity index is 1.21.